The number of rotatable bonds is 2. The van der Waals surface area contributed by atoms with E-state index in [9.17, 15) is 15.0 Å². The van der Waals surface area contributed by atoms with Crippen LogP contribution in [0.25, 0.3) is 0 Å². The summed E-state index contributed by atoms with van der Waals surface area (Å²) in [7, 11) is 0. The van der Waals surface area contributed by atoms with Gasteiger partial charge in [-0.05, 0) is 42.6 Å². The Morgan fingerprint density at radius 3 is 2.31 bits per heavy atom. The van der Waals surface area contributed by atoms with Gasteiger partial charge in [0.1, 0.15) is 11.2 Å². The van der Waals surface area contributed by atoms with Crippen molar-refractivity contribution in [1.82, 2.24) is 5.32 Å². The van der Waals surface area contributed by atoms with Gasteiger partial charge in [0, 0.05) is 0 Å². The van der Waals surface area contributed by atoms with Crippen molar-refractivity contribution in [3.05, 3.63) is 29.8 Å². The van der Waals surface area contributed by atoms with Crippen LogP contribution in [0.15, 0.2) is 24.3 Å². The summed E-state index contributed by atoms with van der Waals surface area (Å²) in [6.45, 7) is 1.55. The molecule has 0 aromatic heterocycles. The molecule has 3 rings (SSSR count). The largest absolute Gasteiger partial charge is 0.508 e. The zero-order valence-corrected chi connectivity index (χ0v) is 8.68. The van der Waals surface area contributed by atoms with Gasteiger partial charge in [0.25, 0.3) is 0 Å². The van der Waals surface area contributed by atoms with Crippen LogP contribution in [-0.4, -0.2) is 29.3 Å². The fraction of sp³-hybridized carbons (Fsp3) is 0.417. The summed E-state index contributed by atoms with van der Waals surface area (Å²) in [5.74, 6) is -0.160. The fourth-order valence-electron chi connectivity index (χ4n) is 3.15. The van der Waals surface area contributed by atoms with E-state index in [2.05, 4.69) is 5.32 Å². The van der Waals surface area contributed by atoms with Crippen molar-refractivity contribution in [2.75, 3.05) is 13.1 Å². The van der Waals surface area contributed by atoms with Crippen LogP contribution in [0.2, 0.25) is 0 Å². The molecule has 0 bridgehead atoms. The highest BCUT2D eigenvalue weighted by molar-refractivity contribution is 5.87. The van der Waals surface area contributed by atoms with Crippen LogP contribution in [-0.2, 0) is 10.2 Å². The Bertz CT molecular complexity index is 430. The number of carboxylic acids is 1. The minimum Gasteiger partial charge on any atom is -0.508 e. The van der Waals surface area contributed by atoms with E-state index in [4.69, 9.17) is 0 Å². The van der Waals surface area contributed by atoms with Crippen LogP contribution < -0.4 is 5.32 Å². The number of aromatic hydroxyl groups is 1. The Morgan fingerprint density at radius 1 is 1.25 bits per heavy atom. The molecule has 1 saturated carbocycles. The third-order valence-electron chi connectivity index (χ3n) is 3.97. The molecular weight excluding hydrogens is 206 g/mol. The highest BCUT2D eigenvalue weighted by Crippen LogP contribution is 2.61. The molecule has 3 N–H and O–H groups in total. The van der Waals surface area contributed by atoms with Crippen molar-refractivity contribution in [2.24, 2.45) is 11.8 Å². The molecule has 1 aromatic carbocycles. The maximum absolute atomic E-state index is 11.5. The molecule has 0 spiro atoms. The second-order valence-corrected chi connectivity index (χ2v) is 4.59. The van der Waals surface area contributed by atoms with Gasteiger partial charge in [-0.25, -0.2) is 0 Å². The number of hydrogen-bond acceptors (Lipinski definition) is 3. The van der Waals surface area contributed by atoms with E-state index in [0.717, 1.165) is 18.7 Å². The number of phenolic OH excluding ortho intramolecular Hbond substituents is 1. The zero-order valence-electron chi connectivity index (χ0n) is 8.68. The number of hydrogen-bond donors (Lipinski definition) is 3. The first-order valence-electron chi connectivity index (χ1n) is 5.41. The highest BCUT2D eigenvalue weighted by Gasteiger charge is 2.72. The average molecular weight is 219 g/mol. The van der Waals surface area contributed by atoms with Gasteiger partial charge >= 0.3 is 5.97 Å². The minimum atomic E-state index is -0.741. The van der Waals surface area contributed by atoms with E-state index in [1.165, 1.54) is 0 Å². The summed E-state index contributed by atoms with van der Waals surface area (Å²) < 4.78 is 0. The molecule has 2 aliphatic rings. The van der Waals surface area contributed by atoms with Crippen molar-refractivity contribution < 1.29 is 15.0 Å². The van der Waals surface area contributed by atoms with Gasteiger partial charge in [-0.1, -0.05) is 12.1 Å². The minimum absolute atomic E-state index is 0.174. The predicted molar refractivity (Wildman–Crippen MR) is 57.3 cm³/mol. The van der Waals surface area contributed by atoms with Gasteiger partial charge in [0.2, 0.25) is 0 Å². The molecule has 16 heavy (non-hydrogen) atoms. The van der Waals surface area contributed by atoms with E-state index >= 15 is 0 Å². The summed E-state index contributed by atoms with van der Waals surface area (Å²) >= 11 is 0. The molecule has 1 aromatic rings. The average Bonchev–Trinajstić information content (AvgIpc) is 2.67. The second-order valence-electron chi connectivity index (χ2n) is 4.59. The molecule has 1 saturated heterocycles. The van der Waals surface area contributed by atoms with Crippen LogP contribution in [0.3, 0.4) is 0 Å². The van der Waals surface area contributed by atoms with Gasteiger partial charge in [0.05, 0.1) is 0 Å². The van der Waals surface area contributed by atoms with Gasteiger partial charge in [-0.15, -0.1) is 0 Å². The molecule has 84 valence electrons. The maximum Gasteiger partial charge on any atom is 0.314 e. The van der Waals surface area contributed by atoms with Gasteiger partial charge in [-0.2, -0.15) is 0 Å². The Morgan fingerprint density at radius 2 is 1.81 bits per heavy atom. The number of nitrogens with one attached hydrogen (secondary N) is 1. The molecule has 0 amide bonds. The molecule has 2 fully saturated rings. The van der Waals surface area contributed by atoms with E-state index in [1.54, 1.807) is 24.3 Å². The molecule has 4 heteroatoms. The molecular formula is C12H13NO3. The summed E-state index contributed by atoms with van der Waals surface area (Å²) in [4.78, 5) is 11.5. The monoisotopic (exact) mass is 219 g/mol. The number of carbonyl (C=O) groups is 1. The van der Waals surface area contributed by atoms with Crippen molar-refractivity contribution in [3.8, 4) is 5.75 Å². The smallest absolute Gasteiger partial charge is 0.314 e. The first-order valence-corrected chi connectivity index (χ1v) is 5.41. The van der Waals surface area contributed by atoms with Crippen molar-refractivity contribution in [3.63, 3.8) is 0 Å². The summed E-state index contributed by atoms with van der Waals surface area (Å²) in [5, 5.41) is 21.9. The van der Waals surface area contributed by atoms with E-state index < -0.39 is 11.4 Å². The van der Waals surface area contributed by atoms with Crippen molar-refractivity contribution in [1.29, 1.82) is 0 Å². The highest BCUT2D eigenvalue weighted by atomic mass is 16.4. The van der Waals surface area contributed by atoms with Gasteiger partial charge < -0.3 is 15.5 Å². The van der Waals surface area contributed by atoms with Crippen LogP contribution in [0.5, 0.6) is 5.75 Å². The van der Waals surface area contributed by atoms with Gasteiger partial charge in [0.15, 0.2) is 0 Å². The van der Waals surface area contributed by atoms with E-state index in [-0.39, 0.29) is 17.6 Å². The van der Waals surface area contributed by atoms with Gasteiger partial charge in [-0.3, -0.25) is 4.79 Å². The number of aliphatic carboxylic acids is 1. The lowest BCUT2D eigenvalue weighted by Crippen LogP contribution is -2.32. The topological polar surface area (TPSA) is 69.6 Å². The number of piperidine rings is 1. The molecule has 2 atom stereocenters. The molecule has 4 nitrogen and oxygen atoms in total. The Labute approximate surface area is 92.9 Å². The molecule has 1 aliphatic heterocycles. The lowest BCUT2D eigenvalue weighted by atomic mass is 9.90. The van der Waals surface area contributed by atoms with Crippen LogP contribution in [0.1, 0.15) is 5.56 Å². The zero-order chi connectivity index (χ0) is 11.3. The second kappa shape index (κ2) is 2.98. The third kappa shape index (κ3) is 0.998. The molecule has 0 radical (unpaired) electrons. The lowest BCUT2D eigenvalue weighted by molar-refractivity contribution is -0.141. The predicted octanol–water partition coefficient (Wildman–Crippen LogP) is 0.564. The number of fused-ring (bicyclic) bond motifs is 1. The quantitative estimate of drug-likeness (QED) is 0.680. The Kier molecular flexibility index (Phi) is 1.80. The molecule has 1 aliphatic carbocycles. The fourth-order valence-corrected chi connectivity index (χ4v) is 3.15. The van der Waals surface area contributed by atoms with E-state index in [1.807, 2.05) is 0 Å². The summed E-state index contributed by atoms with van der Waals surface area (Å²) in [6.07, 6.45) is 0. The SMILES string of the molecule is O=C(O)C1(c2ccc(O)cc2)C2CNCC21. The number of phenols is 1. The first-order chi connectivity index (χ1) is 7.67. The molecule has 1 heterocycles. The summed E-state index contributed by atoms with van der Waals surface area (Å²) in [5.41, 5.74) is 0.105. The third-order valence-corrected chi connectivity index (χ3v) is 3.97. The Hall–Kier alpha value is -1.55. The van der Waals surface area contributed by atoms with Crippen LogP contribution in [0.4, 0.5) is 0 Å². The first kappa shape index (κ1) is 9.66. The maximum atomic E-state index is 11.5. The number of benzene rings is 1. The van der Waals surface area contributed by atoms with Crippen LogP contribution >= 0.6 is 0 Å². The standard InChI is InChI=1S/C12H13NO3/c14-8-3-1-7(2-4-8)12(11(15)16)9-5-13-6-10(9)12/h1-4,9-10,13-14H,5-6H2,(H,15,16). The van der Waals surface area contributed by atoms with Crippen LogP contribution in [0, 0.1) is 11.8 Å². The Balaban J connectivity index is 2.03. The normalized spacial score (nSPS) is 35.8. The number of carboxylic acid groups (broad SMARTS) is 1. The summed E-state index contributed by atoms with van der Waals surface area (Å²) in [6, 6.07) is 6.56. The van der Waals surface area contributed by atoms with Crippen molar-refractivity contribution in [2.45, 2.75) is 5.41 Å². The molecule has 2 unspecified atom stereocenters. The van der Waals surface area contributed by atoms with E-state index in [0.29, 0.717) is 0 Å². The lowest BCUT2D eigenvalue weighted by Gasteiger charge is -2.17. The van der Waals surface area contributed by atoms with Crippen molar-refractivity contribution >= 4 is 5.97 Å².